The molecule has 2 heterocycles. The number of nitrogens with zero attached hydrogens (tertiary/aromatic N) is 1. The molecule has 1 fully saturated rings. The van der Waals surface area contributed by atoms with E-state index in [0.717, 1.165) is 19.3 Å². The van der Waals surface area contributed by atoms with Gasteiger partial charge in [-0.2, -0.15) is 0 Å². The fourth-order valence-electron chi connectivity index (χ4n) is 3.91. The van der Waals surface area contributed by atoms with Crippen molar-refractivity contribution < 1.29 is 38.3 Å². The first kappa shape index (κ1) is 23.8. The second kappa shape index (κ2) is 11.1. The summed E-state index contributed by atoms with van der Waals surface area (Å²) >= 11 is 0. The third-order valence-electron chi connectivity index (χ3n) is 5.67. The normalized spacial score (nSPS) is 17.8. The van der Waals surface area contributed by atoms with Crippen LogP contribution in [0, 0.1) is 0 Å². The molecular formula is C22H28BNO8. The summed E-state index contributed by atoms with van der Waals surface area (Å²) in [6.07, 6.45) is 3.14. The number of carbonyl (C=O) groups is 4. The number of hydrogen-bond donors (Lipinski definition) is 1. The molecule has 1 aromatic carbocycles. The number of hydrogen-bond acceptors (Lipinski definition) is 8. The molecule has 0 bridgehead atoms. The van der Waals surface area contributed by atoms with Gasteiger partial charge < -0.3 is 28.8 Å². The van der Waals surface area contributed by atoms with Crippen LogP contribution in [0.15, 0.2) is 18.2 Å². The summed E-state index contributed by atoms with van der Waals surface area (Å²) in [5.74, 6) is -1.20. The highest BCUT2D eigenvalue weighted by Gasteiger charge is 2.37. The van der Waals surface area contributed by atoms with E-state index < -0.39 is 31.8 Å². The number of likely N-dealkylation sites (tertiary alicyclic amines) is 1. The van der Waals surface area contributed by atoms with Crippen molar-refractivity contribution in [2.75, 3.05) is 19.9 Å². The zero-order valence-corrected chi connectivity index (χ0v) is 18.2. The highest BCUT2D eigenvalue weighted by atomic mass is 16.7. The molecule has 1 aromatic rings. The van der Waals surface area contributed by atoms with E-state index in [1.165, 1.54) is 13.0 Å². The van der Waals surface area contributed by atoms with E-state index in [-0.39, 0.29) is 42.1 Å². The van der Waals surface area contributed by atoms with Crippen molar-refractivity contribution in [3.05, 3.63) is 29.3 Å². The van der Waals surface area contributed by atoms with Crippen molar-refractivity contribution in [1.29, 1.82) is 0 Å². The summed E-state index contributed by atoms with van der Waals surface area (Å²) in [6.45, 7) is 2.16. The Morgan fingerprint density at radius 1 is 1.12 bits per heavy atom. The number of ether oxygens (including phenoxy) is 2. The number of fused-ring (bicyclic) bond motifs is 1. The average Bonchev–Trinajstić information content (AvgIpc) is 2.78. The van der Waals surface area contributed by atoms with Crippen LogP contribution in [0.2, 0.25) is 5.82 Å². The van der Waals surface area contributed by atoms with Gasteiger partial charge in [0.05, 0.1) is 0 Å². The molecule has 2 aliphatic heterocycles. The first-order valence-corrected chi connectivity index (χ1v) is 10.9. The molecule has 1 saturated heterocycles. The van der Waals surface area contributed by atoms with E-state index in [9.17, 15) is 24.2 Å². The SMILES string of the molecule is CC(=O)CCC(=O)C[C@H]1Cc2cccc(C(=O)OCOC(=O)N3CCCCC3)c2OB1O. The molecular weight excluding hydrogens is 417 g/mol. The Labute approximate surface area is 187 Å². The number of rotatable bonds is 8. The van der Waals surface area contributed by atoms with Gasteiger partial charge in [-0.1, -0.05) is 12.1 Å². The molecule has 0 unspecified atom stereocenters. The Morgan fingerprint density at radius 3 is 2.59 bits per heavy atom. The summed E-state index contributed by atoms with van der Waals surface area (Å²) in [7, 11) is -1.27. The van der Waals surface area contributed by atoms with Gasteiger partial charge in [0.2, 0.25) is 6.79 Å². The highest BCUT2D eigenvalue weighted by Crippen LogP contribution is 2.36. The van der Waals surface area contributed by atoms with Crippen LogP contribution in [0.5, 0.6) is 5.75 Å². The largest absolute Gasteiger partial charge is 0.535 e. The minimum atomic E-state index is -1.27. The van der Waals surface area contributed by atoms with E-state index >= 15 is 0 Å². The van der Waals surface area contributed by atoms with Crippen molar-refractivity contribution >= 4 is 30.7 Å². The second-order valence-electron chi connectivity index (χ2n) is 8.22. The van der Waals surface area contributed by atoms with Crippen LogP contribution >= 0.6 is 0 Å². The van der Waals surface area contributed by atoms with Gasteiger partial charge in [-0.3, -0.25) is 4.79 Å². The number of esters is 1. The third kappa shape index (κ3) is 6.32. The van der Waals surface area contributed by atoms with Gasteiger partial charge in [0, 0.05) is 38.2 Å². The van der Waals surface area contributed by atoms with Crippen LogP contribution in [0.1, 0.15) is 61.4 Å². The molecule has 9 nitrogen and oxygen atoms in total. The van der Waals surface area contributed by atoms with E-state index in [4.69, 9.17) is 14.1 Å². The maximum Gasteiger partial charge on any atom is 0.526 e. The van der Waals surface area contributed by atoms with Crippen LogP contribution in [0.3, 0.4) is 0 Å². The molecule has 0 saturated carbocycles. The monoisotopic (exact) mass is 445 g/mol. The van der Waals surface area contributed by atoms with Gasteiger partial charge in [-0.05, 0) is 44.2 Å². The lowest BCUT2D eigenvalue weighted by Crippen LogP contribution is -2.37. The first-order chi connectivity index (χ1) is 15.3. The molecule has 0 aromatic heterocycles. The van der Waals surface area contributed by atoms with E-state index in [1.807, 2.05) is 0 Å². The highest BCUT2D eigenvalue weighted by molar-refractivity contribution is 6.47. The molecule has 172 valence electrons. The van der Waals surface area contributed by atoms with Crippen molar-refractivity contribution in [2.24, 2.45) is 0 Å². The molecule has 10 heteroatoms. The lowest BCUT2D eigenvalue weighted by molar-refractivity contribution is -0.123. The van der Waals surface area contributed by atoms with Crippen LogP contribution < -0.4 is 4.65 Å². The molecule has 1 atom stereocenters. The number of ketones is 2. The van der Waals surface area contributed by atoms with Crippen molar-refractivity contribution in [1.82, 2.24) is 4.90 Å². The Kier molecular flexibility index (Phi) is 8.27. The zero-order chi connectivity index (χ0) is 23.1. The average molecular weight is 445 g/mol. The van der Waals surface area contributed by atoms with E-state index in [0.29, 0.717) is 25.1 Å². The Hall–Kier alpha value is -2.88. The maximum absolute atomic E-state index is 12.5. The second-order valence-corrected chi connectivity index (χ2v) is 8.22. The summed E-state index contributed by atoms with van der Waals surface area (Å²) in [5, 5.41) is 10.4. The lowest BCUT2D eigenvalue weighted by atomic mass is 9.64. The number of Topliss-reactive ketones (excluding diaryl/α,β-unsaturated/α-hetero) is 2. The first-order valence-electron chi connectivity index (χ1n) is 10.9. The standard InChI is InChI=1S/C22H28BNO8/c1-15(25)8-9-18(26)13-17-12-16-6-5-7-19(20(16)32-23(17)29)21(27)30-14-31-22(28)24-10-3-2-4-11-24/h5-7,17,29H,2-4,8-14H2,1H3/t17-/m1/s1. The molecule has 32 heavy (non-hydrogen) atoms. The lowest BCUT2D eigenvalue weighted by Gasteiger charge is -2.28. The minimum absolute atomic E-state index is 0.0612. The maximum atomic E-state index is 12.5. The molecule has 1 amide bonds. The van der Waals surface area contributed by atoms with Gasteiger partial charge in [-0.15, -0.1) is 0 Å². The number of benzene rings is 1. The number of carbonyl (C=O) groups excluding carboxylic acids is 4. The van der Waals surface area contributed by atoms with Crippen molar-refractivity contribution in [2.45, 2.75) is 57.7 Å². The summed E-state index contributed by atoms with van der Waals surface area (Å²) in [6, 6.07) is 4.91. The predicted molar refractivity (Wildman–Crippen MR) is 114 cm³/mol. The van der Waals surface area contributed by atoms with Gasteiger partial charge in [0.25, 0.3) is 0 Å². The Bertz CT molecular complexity index is 867. The number of piperidine rings is 1. The minimum Gasteiger partial charge on any atom is -0.535 e. The predicted octanol–water partition coefficient (Wildman–Crippen LogP) is 2.54. The zero-order valence-electron chi connectivity index (χ0n) is 18.2. The molecule has 0 radical (unpaired) electrons. The fraction of sp³-hybridized carbons (Fsp3) is 0.545. The molecule has 0 spiro atoms. The summed E-state index contributed by atoms with van der Waals surface area (Å²) in [5.41, 5.74) is 0.774. The topological polar surface area (TPSA) is 119 Å². The van der Waals surface area contributed by atoms with Gasteiger partial charge in [-0.25, -0.2) is 9.59 Å². The van der Waals surface area contributed by atoms with Crippen molar-refractivity contribution in [3.63, 3.8) is 0 Å². The van der Waals surface area contributed by atoms with Crippen LogP contribution in [-0.2, 0) is 25.5 Å². The van der Waals surface area contributed by atoms with Crippen LogP contribution in [0.4, 0.5) is 4.79 Å². The van der Waals surface area contributed by atoms with Crippen LogP contribution in [-0.4, -0.2) is 60.6 Å². The third-order valence-corrected chi connectivity index (χ3v) is 5.67. The summed E-state index contributed by atoms with van der Waals surface area (Å²) < 4.78 is 15.7. The Balaban J connectivity index is 1.56. The quantitative estimate of drug-likeness (QED) is 0.368. The number of para-hydroxylation sites is 1. The molecule has 1 N–H and O–H groups in total. The van der Waals surface area contributed by atoms with Crippen LogP contribution in [0.25, 0.3) is 0 Å². The molecule has 0 aliphatic carbocycles. The Morgan fingerprint density at radius 2 is 1.88 bits per heavy atom. The van der Waals surface area contributed by atoms with E-state index in [2.05, 4.69) is 0 Å². The summed E-state index contributed by atoms with van der Waals surface area (Å²) in [4.78, 5) is 49.3. The molecule has 2 aliphatic rings. The van der Waals surface area contributed by atoms with E-state index in [1.54, 1.807) is 17.0 Å². The van der Waals surface area contributed by atoms with Gasteiger partial charge in [0.1, 0.15) is 22.9 Å². The number of amides is 1. The molecule has 3 rings (SSSR count). The van der Waals surface area contributed by atoms with Gasteiger partial charge >= 0.3 is 19.2 Å². The van der Waals surface area contributed by atoms with Gasteiger partial charge in [0.15, 0.2) is 0 Å². The fourth-order valence-corrected chi connectivity index (χ4v) is 3.91. The van der Waals surface area contributed by atoms with Crippen molar-refractivity contribution in [3.8, 4) is 5.75 Å². The smallest absolute Gasteiger partial charge is 0.526 e.